The molecule has 1 aliphatic heterocycles. The molecule has 1 atom stereocenters. The number of likely N-dealkylation sites (tertiary alicyclic amines) is 1. The Morgan fingerprint density at radius 1 is 1.29 bits per heavy atom. The molecule has 1 aliphatic rings. The van der Waals surface area contributed by atoms with Gasteiger partial charge in [-0.25, -0.2) is 9.97 Å². The summed E-state index contributed by atoms with van der Waals surface area (Å²) in [6, 6.07) is 7.80. The Hall–Kier alpha value is -2.28. The summed E-state index contributed by atoms with van der Waals surface area (Å²) >= 11 is 6.24. The molecule has 2 N–H and O–H groups in total. The van der Waals surface area contributed by atoms with Crippen molar-refractivity contribution in [1.82, 2.24) is 19.9 Å². The number of fused-ring (bicyclic) bond motifs is 1. The summed E-state index contributed by atoms with van der Waals surface area (Å²) in [5.41, 5.74) is 3.87. The highest BCUT2D eigenvalue weighted by molar-refractivity contribution is 6.31. The normalized spacial score (nSPS) is 20.0. The molecular weight excluding hydrogens is 374 g/mol. The van der Waals surface area contributed by atoms with Gasteiger partial charge in [-0.15, -0.1) is 0 Å². The molecule has 0 bridgehead atoms. The van der Waals surface area contributed by atoms with Crippen LogP contribution in [-0.4, -0.2) is 43.6 Å². The fraction of sp³-hybridized carbons (Fsp3) is 0.381. The van der Waals surface area contributed by atoms with Gasteiger partial charge in [-0.3, -0.25) is 9.88 Å². The van der Waals surface area contributed by atoms with E-state index in [0.29, 0.717) is 23.2 Å². The van der Waals surface area contributed by atoms with Crippen molar-refractivity contribution in [2.24, 2.45) is 0 Å². The average Bonchev–Trinajstić information content (AvgIpc) is 2.97. The largest absolute Gasteiger partial charge is 0.389 e. The monoisotopic (exact) mass is 397 g/mol. The van der Waals surface area contributed by atoms with E-state index in [4.69, 9.17) is 11.6 Å². The van der Waals surface area contributed by atoms with E-state index in [1.54, 1.807) is 0 Å². The molecule has 0 amide bonds. The molecule has 7 heteroatoms. The summed E-state index contributed by atoms with van der Waals surface area (Å²) < 4.78 is 0. The number of pyridine rings is 1. The van der Waals surface area contributed by atoms with Crippen LogP contribution in [0.15, 0.2) is 30.5 Å². The third-order valence-corrected chi connectivity index (χ3v) is 5.57. The molecule has 3 aromatic rings. The van der Waals surface area contributed by atoms with Gasteiger partial charge in [0.15, 0.2) is 5.82 Å². The van der Waals surface area contributed by atoms with Gasteiger partial charge in [0.1, 0.15) is 11.3 Å². The summed E-state index contributed by atoms with van der Waals surface area (Å²) in [7, 11) is 0. The number of aliphatic hydroxyl groups is 1. The Morgan fingerprint density at radius 2 is 2.11 bits per heavy atom. The maximum atomic E-state index is 10.2. The molecule has 3 heterocycles. The lowest BCUT2D eigenvalue weighted by molar-refractivity contribution is 0.0679. The third-order valence-electron chi connectivity index (χ3n) is 5.16. The van der Waals surface area contributed by atoms with Gasteiger partial charge in [0.25, 0.3) is 0 Å². The number of β-amino-alcohol motifs (C(OH)–C–C–N with tert-alkyl or cyclic N) is 1. The number of nitrogens with zero attached hydrogens (tertiary/aromatic N) is 4. The number of hydrogen-bond donors (Lipinski definition) is 2. The van der Waals surface area contributed by atoms with Crippen LogP contribution in [-0.2, 0) is 6.54 Å². The lowest BCUT2D eigenvalue weighted by Crippen LogP contribution is -2.29. The predicted octanol–water partition coefficient (Wildman–Crippen LogP) is 4.00. The highest BCUT2D eigenvalue weighted by Gasteiger charge is 2.31. The van der Waals surface area contributed by atoms with Crippen molar-refractivity contribution in [2.45, 2.75) is 39.3 Å². The van der Waals surface area contributed by atoms with Crippen molar-refractivity contribution in [3.05, 3.63) is 52.4 Å². The van der Waals surface area contributed by atoms with E-state index in [9.17, 15) is 5.11 Å². The van der Waals surface area contributed by atoms with Gasteiger partial charge >= 0.3 is 0 Å². The number of nitrogens with one attached hydrogen (secondary N) is 1. The first-order valence-electron chi connectivity index (χ1n) is 9.41. The second kappa shape index (κ2) is 7.28. The van der Waals surface area contributed by atoms with Gasteiger partial charge < -0.3 is 10.4 Å². The molecule has 0 radical (unpaired) electrons. The van der Waals surface area contributed by atoms with E-state index in [2.05, 4.69) is 31.2 Å². The van der Waals surface area contributed by atoms with Crippen LogP contribution in [0.3, 0.4) is 0 Å². The van der Waals surface area contributed by atoms with Gasteiger partial charge in [-0.05, 0) is 56.5 Å². The second-order valence-electron chi connectivity index (χ2n) is 7.83. The first kappa shape index (κ1) is 19.1. The Kier molecular flexibility index (Phi) is 4.95. The Bertz CT molecular complexity index is 1040. The van der Waals surface area contributed by atoms with Crippen LogP contribution >= 0.6 is 11.6 Å². The quantitative estimate of drug-likeness (QED) is 0.693. The number of anilines is 2. The highest BCUT2D eigenvalue weighted by Crippen LogP contribution is 2.29. The van der Waals surface area contributed by atoms with Crippen molar-refractivity contribution in [3.8, 4) is 0 Å². The topological polar surface area (TPSA) is 74.2 Å². The summed E-state index contributed by atoms with van der Waals surface area (Å²) in [5.74, 6) is 1.35. The number of rotatable bonds is 4. The van der Waals surface area contributed by atoms with Crippen LogP contribution in [0.5, 0.6) is 0 Å². The van der Waals surface area contributed by atoms with E-state index in [0.717, 1.165) is 47.4 Å². The van der Waals surface area contributed by atoms with E-state index in [-0.39, 0.29) is 0 Å². The summed E-state index contributed by atoms with van der Waals surface area (Å²) in [5, 5.41) is 14.2. The first-order chi connectivity index (χ1) is 13.3. The first-order valence-corrected chi connectivity index (χ1v) is 9.79. The maximum absolute atomic E-state index is 10.2. The van der Waals surface area contributed by atoms with Gasteiger partial charge in [-0.2, -0.15) is 0 Å². The Morgan fingerprint density at radius 3 is 2.86 bits per heavy atom. The Labute approximate surface area is 169 Å². The van der Waals surface area contributed by atoms with Crippen molar-refractivity contribution < 1.29 is 5.11 Å². The number of aromatic nitrogens is 3. The molecule has 0 saturated carbocycles. The van der Waals surface area contributed by atoms with E-state index < -0.39 is 5.60 Å². The van der Waals surface area contributed by atoms with Crippen LogP contribution in [0.4, 0.5) is 11.5 Å². The van der Waals surface area contributed by atoms with Gasteiger partial charge in [-0.1, -0.05) is 17.7 Å². The van der Waals surface area contributed by atoms with Crippen LogP contribution < -0.4 is 5.32 Å². The summed E-state index contributed by atoms with van der Waals surface area (Å²) in [4.78, 5) is 16.0. The molecule has 0 aliphatic carbocycles. The van der Waals surface area contributed by atoms with Crippen molar-refractivity contribution in [2.75, 3.05) is 18.4 Å². The third kappa shape index (κ3) is 3.94. The SMILES string of the molecule is Cc1nc(Nc2cccc(Cl)c2C)c2ncc(CN3CCC(C)(O)C3)cc2n1. The number of hydrogen-bond acceptors (Lipinski definition) is 6. The minimum atomic E-state index is -0.602. The number of aryl methyl sites for hydroxylation is 1. The second-order valence-corrected chi connectivity index (χ2v) is 8.23. The molecule has 1 aromatic carbocycles. The average molecular weight is 398 g/mol. The minimum absolute atomic E-state index is 0.602. The van der Waals surface area contributed by atoms with E-state index in [1.165, 1.54) is 0 Å². The molecule has 1 unspecified atom stereocenters. The molecule has 146 valence electrons. The predicted molar refractivity (Wildman–Crippen MR) is 112 cm³/mol. The molecule has 6 nitrogen and oxygen atoms in total. The summed E-state index contributed by atoms with van der Waals surface area (Å²) in [6.45, 7) is 8.04. The van der Waals surface area contributed by atoms with Crippen LogP contribution in [0.1, 0.15) is 30.3 Å². The standard InChI is InChI=1S/C21H24ClN5O/c1-13-16(22)5-4-6-17(13)26-20-19-18(24-14(2)25-20)9-15(10-23-19)11-27-8-7-21(3,28)12-27/h4-6,9-10,28H,7-8,11-12H2,1-3H3,(H,24,25,26). The zero-order valence-electron chi connectivity index (χ0n) is 16.3. The lowest BCUT2D eigenvalue weighted by Gasteiger charge is -2.19. The molecule has 1 saturated heterocycles. The molecule has 1 fully saturated rings. The van der Waals surface area contributed by atoms with Crippen LogP contribution in [0, 0.1) is 13.8 Å². The van der Waals surface area contributed by atoms with Crippen LogP contribution in [0.25, 0.3) is 11.0 Å². The van der Waals surface area contributed by atoms with Crippen molar-refractivity contribution >= 4 is 34.1 Å². The number of benzene rings is 1. The smallest absolute Gasteiger partial charge is 0.160 e. The molecule has 0 spiro atoms. The zero-order valence-corrected chi connectivity index (χ0v) is 17.1. The molecule has 2 aromatic heterocycles. The maximum Gasteiger partial charge on any atom is 0.160 e. The minimum Gasteiger partial charge on any atom is -0.389 e. The Balaban J connectivity index is 1.64. The summed E-state index contributed by atoms with van der Waals surface area (Å²) in [6.07, 6.45) is 2.66. The fourth-order valence-corrected chi connectivity index (χ4v) is 3.83. The lowest BCUT2D eigenvalue weighted by atomic mass is 10.1. The molecule has 4 rings (SSSR count). The van der Waals surface area contributed by atoms with E-state index in [1.807, 2.05) is 45.2 Å². The van der Waals surface area contributed by atoms with Gasteiger partial charge in [0.2, 0.25) is 0 Å². The highest BCUT2D eigenvalue weighted by atomic mass is 35.5. The molecule has 28 heavy (non-hydrogen) atoms. The fourth-order valence-electron chi connectivity index (χ4n) is 3.65. The van der Waals surface area contributed by atoms with Gasteiger partial charge in [0, 0.05) is 36.5 Å². The van der Waals surface area contributed by atoms with Crippen LogP contribution in [0.2, 0.25) is 5.02 Å². The van der Waals surface area contributed by atoms with Crippen molar-refractivity contribution in [1.29, 1.82) is 0 Å². The zero-order chi connectivity index (χ0) is 19.9. The van der Waals surface area contributed by atoms with Crippen molar-refractivity contribution in [3.63, 3.8) is 0 Å². The van der Waals surface area contributed by atoms with Gasteiger partial charge in [0.05, 0.1) is 11.1 Å². The molecular formula is C21H24ClN5O. The number of halogens is 1. The van der Waals surface area contributed by atoms with E-state index >= 15 is 0 Å².